The molecule has 0 atom stereocenters. The number of rotatable bonds is 8. The summed E-state index contributed by atoms with van der Waals surface area (Å²) in [5.74, 6) is 2.62. The predicted molar refractivity (Wildman–Crippen MR) is 340 cm³/mol. The van der Waals surface area contributed by atoms with Crippen LogP contribution in [0.1, 0.15) is 87.2 Å². The first-order chi connectivity index (χ1) is 40.7. The lowest BCUT2D eigenvalue weighted by molar-refractivity contribution is 0.446. The molecule has 0 bridgehead atoms. The van der Waals surface area contributed by atoms with Gasteiger partial charge in [-0.05, 0) is 120 Å². The van der Waals surface area contributed by atoms with Gasteiger partial charge < -0.3 is 9.13 Å². The van der Waals surface area contributed by atoms with Crippen molar-refractivity contribution in [1.29, 1.82) is 0 Å². The highest BCUT2D eigenvalue weighted by atomic mass is 15.3. The molecule has 7 nitrogen and oxygen atoms in total. The van der Waals surface area contributed by atoms with Crippen LogP contribution in [-0.2, 0) is 0 Å². The van der Waals surface area contributed by atoms with Gasteiger partial charge in [-0.1, -0.05) is 202 Å². The van der Waals surface area contributed by atoms with Crippen molar-refractivity contribution in [2.75, 3.05) is 0 Å². The molecule has 5 heterocycles. The maximum atomic E-state index is 6.01. The van der Waals surface area contributed by atoms with E-state index in [4.69, 9.17) is 15.0 Å². The van der Waals surface area contributed by atoms with Gasteiger partial charge in [-0.15, -0.1) is 0 Å². The van der Waals surface area contributed by atoms with Gasteiger partial charge in [-0.25, -0.2) is 0 Å². The molecule has 2 aliphatic rings. The Bertz CT molecular complexity index is 4700. The first-order valence-corrected chi connectivity index (χ1v) is 29.8. The van der Waals surface area contributed by atoms with Crippen molar-refractivity contribution in [3.63, 3.8) is 0 Å². The van der Waals surface area contributed by atoms with E-state index in [2.05, 4.69) is 243 Å². The van der Waals surface area contributed by atoms with Crippen molar-refractivity contribution in [3.8, 4) is 45.8 Å². The lowest BCUT2D eigenvalue weighted by Gasteiger charge is -2.24. The summed E-state index contributed by atoms with van der Waals surface area (Å²) in [7, 11) is 0. The van der Waals surface area contributed by atoms with Crippen molar-refractivity contribution < 1.29 is 0 Å². The zero-order valence-electron chi connectivity index (χ0n) is 45.7. The molecular formula is C75H59N7. The molecule has 0 saturated heterocycles. The molecule has 10 aromatic carbocycles. The molecule has 0 spiro atoms. The zero-order valence-corrected chi connectivity index (χ0v) is 45.7. The fourth-order valence-electron chi connectivity index (χ4n) is 15.0. The van der Waals surface area contributed by atoms with Crippen LogP contribution in [0.15, 0.2) is 224 Å². The Labute approximate surface area is 475 Å². The smallest absolute Gasteiger partial charge is 0.240 e. The van der Waals surface area contributed by atoms with Crippen LogP contribution < -0.4 is 0 Å². The molecule has 2 fully saturated rings. The molecule has 7 heteroatoms. The molecule has 0 unspecified atom stereocenters. The largest absolute Gasteiger partial charge is 0.307 e. The second-order valence-corrected chi connectivity index (χ2v) is 23.1. The summed E-state index contributed by atoms with van der Waals surface area (Å²) in [6.45, 7) is 0. The fourth-order valence-corrected chi connectivity index (χ4v) is 15.0. The minimum Gasteiger partial charge on any atom is -0.307 e. The van der Waals surface area contributed by atoms with E-state index in [1.165, 1.54) is 135 Å². The Hall–Kier alpha value is -9.59. The molecule has 0 radical (unpaired) electrons. The van der Waals surface area contributed by atoms with Gasteiger partial charge in [0.2, 0.25) is 11.9 Å². The van der Waals surface area contributed by atoms with Crippen LogP contribution in [0, 0.1) is 0 Å². The van der Waals surface area contributed by atoms with Crippen molar-refractivity contribution in [3.05, 3.63) is 236 Å². The van der Waals surface area contributed by atoms with Crippen LogP contribution in [-0.4, -0.2) is 33.2 Å². The van der Waals surface area contributed by atoms with Crippen LogP contribution in [0.5, 0.6) is 0 Å². The van der Waals surface area contributed by atoms with Gasteiger partial charge in [-0.2, -0.15) is 15.0 Å². The van der Waals surface area contributed by atoms with Gasteiger partial charge in [0.25, 0.3) is 0 Å². The minimum atomic E-state index is 0.418. The average molecular weight is 1060 g/mol. The summed E-state index contributed by atoms with van der Waals surface area (Å²) in [6, 6.07) is 82.5. The number of fused-ring (bicyclic) bond motifs is 14. The average Bonchev–Trinajstić information content (AvgIpc) is 3.53. The fraction of sp³-hybridized carbons (Fsp3) is 0.160. The molecule has 2 saturated carbocycles. The number of hydrogen-bond acceptors (Lipinski definition) is 3. The van der Waals surface area contributed by atoms with Crippen molar-refractivity contribution in [2.45, 2.75) is 76.0 Å². The van der Waals surface area contributed by atoms with E-state index in [1.54, 1.807) is 0 Å². The van der Waals surface area contributed by atoms with E-state index >= 15 is 0 Å². The van der Waals surface area contributed by atoms with E-state index < -0.39 is 0 Å². The summed E-state index contributed by atoms with van der Waals surface area (Å²) < 4.78 is 9.83. The SMILES string of the molecule is c1ccc(-c2ccc(-c3nc(-n4c5ccccc5c5c(C6CCCCC6)cc6c7ccccc7n(-c7ccccc7)c6c54)nc(-n4c5ccccc5c5c(C6CCCCC6)cc6c7ccccc7n(-c7ccccc7)c6c54)n3)cc2)cc1. The van der Waals surface area contributed by atoms with Gasteiger partial charge in [0.05, 0.1) is 44.1 Å². The third-order valence-electron chi connectivity index (χ3n) is 18.6. The lowest BCUT2D eigenvalue weighted by atomic mass is 9.81. The summed E-state index contributed by atoms with van der Waals surface area (Å²) >= 11 is 0. The molecule has 2 aliphatic carbocycles. The maximum absolute atomic E-state index is 6.01. The minimum absolute atomic E-state index is 0.418. The Morgan fingerprint density at radius 2 is 0.634 bits per heavy atom. The Morgan fingerprint density at radius 3 is 1.07 bits per heavy atom. The molecule has 0 N–H and O–H groups in total. The molecule has 394 valence electrons. The lowest BCUT2D eigenvalue weighted by Crippen LogP contribution is -2.11. The topological polar surface area (TPSA) is 58.4 Å². The Balaban J connectivity index is 1.05. The molecule has 15 aromatic rings. The van der Waals surface area contributed by atoms with Crippen LogP contribution in [0.2, 0.25) is 0 Å². The van der Waals surface area contributed by atoms with E-state index in [9.17, 15) is 0 Å². The summed E-state index contributed by atoms with van der Waals surface area (Å²) in [5.41, 5.74) is 17.3. The van der Waals surface area contributed by atoms with Gasteiger partial charge in [0, 0.05) is 60.0 Å². The summed E-state index contributed by atoms with van der Waals surface area (Å²) in [5, 5.41) is 9.97. The van der Waals surface area contributed by atoms with E-state index in [1.807, 2.05) is 0 Å². The molecule has 17 rings (SSSR count). The van der Waals surface area contributed by atoms with Crippen molar-refractivity contribution in [2.24, 2.45) is 0 Å². The first-order valence-electron chi connectivity index (χ1n) is 29.8. The van der Waals surface area contributed by atoms with Gasteiger partial charge >= 0.3 is 0 Å². The Kier molecular flexibility index (Phi) is 11.0. The van der Waals surface area contributed by atoms with Crippen LogP contribution >= 0.6 is 0 Å². The summed E-state index contributed by atoms with van der Waals surface area (Å²) in [6.07, 6.45) is 12.2. The van der Waals surface area contributed by atoms with Crippen molar-refractivity contribution >= 4 is 87.2 Å². The molecule has 0 amide bonds. The third-order valence-corrected chi connectivity index (χ3v) is 18.6. The second-order valence-electron chi connectivity index (χ2n) is 23.1. The van der Waals surface area contributed by atoms with E-state index in [0.717, 1.165) is 55.6 Å². The maximum Gasteiger partial charge on any atom is 0.240 e. The zero-order chi connectivity index (χ0) is 53.8. The highest BCUT2D eigenvalue weighted by Crippen LogP contribution is 2.50. The van der Waals surface area contributed by atoms with Gasteiger partial charge in [0.15, 0.2) is 5.82 Å². The quantitative estimate of drug-likeness (QED) is 0.152. The first kappa shape index (κ1) is 47.2. The molecule has 5 aromatic heterocycles. The standard InChI is InChI=1S/C75H59N7/c1-6-24-48(25-7-1)49-42-44-52(45-43-49)73-76-74(81-65-40-22-18-36-57(65)67-59(50-26-8-2-9-27-50)46-61-55-34-16-20-38-63(55)79(69(61)71(67)81)53-30-12-4-13-31-53)78-75(77-73)82-66-41-23-19-37-58(66)68-60(51-28-10-3-11-29-51)47-62-56-35-17-21-39-64(56)80(70(62)72(68)82)54-32-14-5-15-33-54/h1,4-7,12-25,30-47,50-51H,2-3,8-11,26-29H2. The van der Waals surface area contributed by atoms with E-state index in [-0.39, 0.29) is 0 Å². The number of nitrogens with zero attached hydrogens (tertiary/aromatic N) is 7. The van der Waals surface area contributed by atoms with Gasteiger partial charge in [0.1, 0.15) is 0 Å². The highest BCUT2D eigenvalue weighted by Gasteiger charge is 2.32. The Morgan fingerprint density at radius 1 is 0.280 bits per heavy atom. The number of para-hydroxylation sites is 6. The molecular weight excluding hydrogens is 999 g/mol. The van der Waals surface area contributed by atoms with Crippen LogP contribution in [0.25, 0.3) is 133 Å². The number of benzene rings is 10. The third kappa shape index (κ3) is 7.24. The summed E-state index contributed by atoms with van der Waals surface area (Å²) in [4.78, 5) is 17.6. The second kappa shape index (κ2) is 19.0. The monoisotopic (exact) mass is 1060 g/mol. The molecule has 82 heavy (non-hydrogen) atoms. The number of hydrogen-bond donors (Lipinski definition) is 0. The number of aromatic nitrogens is 7. The predicted octanol–water partition coefficient (Wildman–Crippen LogP) is 19.7. The highest BCUT2D eigenvalue weighted by molar-refractivity contribution is 6.26. The van der Waals surface area contributed by atoms with Crippen LogP contribution in [0.3, 0.4) is 0 Å². The normalized spacial score (nSPS) is 14.7. The molecule has 0 aliphatic heterocycles. The van der Waals surface area contributed by atoms with E-state index in [0.29, 0.717) is 29.6 Å². The van der Waals surface area contributed by atoms with Gasteiger partial charge in [-0.3, -0.25) is 9.13 Å². The van der Waals surface area contributed by atoms with Crippen LogP contribution in [0.4, 0.5) is 0 Å². The van der Waals surface area contributed by atoms with Crippen molar-refractivity contribution in [1.82, 2.24) is 33.2 Å².